The largest absolute Gasteiger partial charge is 0.393 e. The van der Waals surface area contributed by atoms with Gasteiger partial charge in [-0.05, 0) is 0 Å². The van der Waals surface area contributed by atoms with E-state index in [1.54, 1.807) is 0 Å². The van der Waals surface area contributed by atoms with Crippen LogP contribution >= 0.6 is 0 Å². The van der Waals surface area contributed by atoms with Crippen LogP contribution < -0.4 is 5.73 Å². The topological polar surface area (TPSA) is 110 Å². The van der Waals surface area contributed by atoms with Crippen LogP contribution in [0.25, 0.3) is 11.2 Å². The Balaban J connectivity index is 2.00. The summed E-state index contributed by atoms with van der Waals surface area (Å²) in [6, 6.07) is -0.596. The van der Waals surface area contributed by atoms with E-state index in [-0.39, 0.29) is 12.2 Å². The minimum atomic E-state index is -1.67. The van der Waals surface area contributed by atoms with Crippen molar-refractivity contribution in [2.75, 3.05) is 12.3 Å². The van der Waals surface area contributed by atoms with Crippen molar-refractivity contribution in [1.29, 1.82) is 0 Å². The fourth-order valence-electron chi connectivity index (χ4n) is 2.28. The van der Waals surface area contributed by atoms with Crippen molar-refractivity contribution in [2.24, 2.45) is 0 Å². The lowest BCUT2D eigenvalue weighted by Crippen LogP contribution is -2.58. The Hall–Kier alpha value is -1.80. The number of hydrogen-bond acceptors (Lipinski definition) is 6. The van der Waals surface area contributed by atoms with Crippen LogP contribution in [0.5, 0.6) is 0 Å². The van der Waals surface area contributed by atoms with Gasteiger partial charge in [-0.1, -0.05) is 0 Å². The average Bonchev–Trinajstić information content (AvgIpc) is 2.80. The molecule has 4 N–H and O–H groups in total. The van der Waals surface area contributed by atoms with Crippen LogP contribution in [0.4, 0.5) is 10.2 Å². The monoisotopic (exact) mass is 253 g/mol. The van der Waals surface area contributed by atoms with Gasteiger partial charge in [-0.2, -0.15) is 0 Å². The minimum absolute atomic E-state index is 0.111. The predicted octanol–water partition coefficient (Wildman–Crippen LogP) is -0.585. The van der Waals surface area contributed by atoms with Gasteiger partial charge in [0.15, 0.2) is 17.6 Å². The van der Waals surface area contributed by atoms with E-state index in [9.17, 15) is 9.50 Å². The average molecular weight is 253 g/mol. The summed E-state index contributed by atoms with van der Waals surface area (Å²) in [5, 5.41) is 18.6. The lowest BCUT2D eigenvalue weighted by Gasteiger charge is -2.46. The third-order valence-electron chi connectivity index (χ3n) is 3.43. The van der Waals surface area contributed by atoms with E-state index in [2.05, 4.69) is 15.0 Å². The lowest BCUT2D eigenvalue weighted by molar-refractivity contribution is -0.165. The maximum absolute atomic E-state index is 13.9. The van der Waals surface area contributed by atoms with E-state index >= 15 is 0 Å². The summed E-state index contributed by atoms with van der Waals surface area (Å²) < 4.78 is 15.4. The molecule has 3 atom stereocenters. The summed E-state index contributed by atoms with van der Waals surface area (Å²) in [4.78, 5) is 11.8. The molecule has 0 saturated heterocycles. The molecule has 2 aromatic heterocycles. The van der Waals surface area contributed by atoms with Crippen LogP contribution in [-0.2, 0) is 0 Å². The van der Waals surface area contributed by atoms with E-state index < -0.39 is 24.4 Å². The zero-order valence-electron chi connectivity index (χ0n) is 9.36. The summed E-state index contributed by atoms with van der Waals surface area (Å²) in [6.07, 6.45) is 1.25. The van der Waals surface area contributed by atoms with Gasteiger partial charge in [0.2, 0.25) is 0 Å². The van der Waals surface area contributed by atoms with Gasteiger partial charge in [0, 0.05) is 6.42 Å². The number of hydrogen-bond donors (Lipinski definition) is 3. The van der Waals surface area contributed by atoms with Gasteiger partial charge in [-0.25, -0.2) is 19.3 Å². The maximum atomic E-state index is 13.9. The molecule has 0 spiro atoms. The molecular weight excluding hydrogens is 241 g/mol. The Morgan fingerprint density at radius 2 is 2.28 bits per heavy atom. The molecule has 96 valence electrons. The maximum Gasteiger partial charge on any atom is 0.165 e. The first-order valence-electron chi connectivity index (χ1n) is 5.47. The van der Waals surface area contributed by atoms with Crippen molar-refractivity contribution < 1.29 is 14.6 Å². The predicted molar refractivity (Wildman–Crippen MR) is 60.3 cm³/mol. The van der Waals surface area contributed by atoms with Gasteiger partial charge in [-0.3, -0.25) is 0 Å². The van der Waals surface area contributed by atoms with E-state index in [0.29, 0.717) is 11.2 Å². The normalized spacial score (nSPS) is 31.5. The van der Waals surface area contributed by atoms with E-state index in [1.165, 1.54) is 17.2 Å². The number of aliphatic hydroxyl groups excluding tert-OH is 1. The van der Waals surface area contributed by atoms with Crippen molar-refractivity contribution in [1.82, 2.24) is 19.5 Å². The zero-order valence-corrected chi connectivity index (χ0v) is 9.36. The Morgan fingerprint density at radius 3 is 2.94 bits per heavy atom. The van der Waals surface area contributed by atoms with Crippen LogP contribution in [0.1, 0.15) is 12.5 Å². The van der Waals surface area contributed by atoms with Crippen molar-refractivity contribution in [2.45, 2.75) is 24.2 Å². The van der Waals surface area contributed by atoms with Crippen molar-refractivity contribution in [3.8, 4) is 0 Å². The van der Waals surface area contributed by atoms with Gasteiger partial charge < -0.3 is 20.5 Å². The molecule has 18 heavy (non-hydrogen) atoms. The van der Waals surface area contributed by atoms with E-state index in [0.717, 1.165) is 0 Å². The van der Waals surface area contributed by atoms with Crippen LogP contribution in [-0.4, -0.2) is 48.1 Å². The number of nitrogens with zero attached hydrogens (tertiary/aromatic N) is 4. The smallest absolute Gasteiger partial charge is 0.165 e. The van der Waals surface area contributed by atoms with Gasteiger partial charge in [0.1, 0.15) is 17.4 Å². The summed E-state index contributed by atoms with van der Waals surface area (Å²) in [5.41, 5.74) is 4.80. The first-order valence-corrected chi connectivity index (χ1v) is 5.47. The third kappa shape index (κ3) is 1.33. The SMILES string of the molecule is Nc1ncnc2c1ncn2[C@@H]1C[C@](O)(CO)[C@H]1F. The van der Waals surface area contributed by atoms with Crippen LogP contribution in [0.3, 0.4) is 0 Å². The molecular formula is C10H12FN5O2. The zero-order chi connectivity index (χ0) is 12.9. The number of halogens is 1. The quantitative estimate of drug-likeness (QED) is 0.660. The number of fused-ring (bicyclic) bond motifs is 1. The molecule has 7 nitrogen and oxygen atoms in total. The van der Waals surface area contributed by atoms with E-state index in [4.69, 9.17) is 10.8 Å². The standard InChI is InChI=1S/C10H12FN5O2/c11-7-5(1-10(7,18)2-17)16-4-15-6-8(12)13-3-14-9(6)16/h3-5,7,17-18H,1-2H2,(H2,12,13,14)/t5-,7+,10+/m1/s1. The Kier molecular flexibility index (Phi) is 2.26. The highest BCUT2D eigenvalue weighted by atomic mass is 19.1. The number of alkyl halides is 1. The van der Waals surface area contributed by atoms with Gasteiger partial charge in [-0.15, -0.1) is 0 Å². The lowest BCUT2D eigenvalue weighted by atomic mass is 9.74. The number of aliphatic hydroxyl groups is 2. The first-order chi connectivity index (χ1) is 8.57. The van der Waals surface area contributed by atoms with Crippen LogP contribution in [0, 0.1) is 0 Å². The van der Waals surface area contributed by atoms with E-state index in [1.807, 2.05) is 0 Å². The molecule has 0 bridgehead atoms. The van der Waals surface area contributed by atoms with Crippen molar-refractivity contribution in [3.05, 3.63) is 12.7 Å². The summed E-state index contributed by atoms with van der Waals surface area (Å²) >= 11 is 0. The van der Waals surface area contributed by atoms with Crippen LogP contribution in [0.2, 0.25) is 0 Å². The number of nitrogens with two attached hydrogens (primary N) is 1. The molecule has 0 unspecified atom stereocenters. The molecule has 2 heterocycles. The second-order valence-electron chi connectivity index (χ2n) is 4.52. The molecule has 8 heteroatoms. The molecule has 2 aromatic rings. The summed E-state index contributed by atoms with van der Waals surface area (Å²) in [7, 11) is 0. The number of nitrogen functional groups attached to an aromatic ring is 1. The molecule has 1 aliphatic carbocycles. The Bertz CT molecular complexity index is 603. The van der Waals surface area contributed by atoms with Crippen molar-refractivity contribution in [3.63, 3.8) is 0 Å². The molecule has 1 saturated carbocycles. The molecule has 0 aromatic carbocycles. The van der Waals surface area contributed by atoms with Gasteiger partial charge >= 0.3 is 0 Å². The highest BCUT2D eigenvalue weighted by Crippen LogP contribution is 2.44. The Morgan fingerprint density at radius 1 is 1.50 bits per heavy atom. The number of aromatic nitrogens is 4. The fraction of sp³-hybridized carbons (Fsp3) is 0.500. The highest BCUT2D eigenvalue weighted by molar-refractivity contribution is 5.81. The minimum Gasteiger partial charge on any atom is -0.393 e. The van der Waals surface area contributed by atoms with Crippen molar-refractivity contribution >= 4 is 17.0 Å². The molecule has 1 fully saturated rings. The first kappa shape index (κ1) is 11.3. The third-order valence-corrected chi connectivity index (χ3v) is 3.43. The second-order valence-corrected chi connectivity index (χ2v) is 4.52. The molecule has 3 rings (SSSR count). The van der Waals surface area contributed by atoms with Crippen LogP contribution in [0.15, 0.2) is 12.7 Å². The highest BCUT2D eigenvalue weighted by Gasteiger charge is 2.54. The fourth-order valence-corrected chi connectivity index (χ4v) is 2.28. The Labute approximate surface area is 101 Å². The molecule has 0 aliphatic heterocycles. The summed E-state index contributed by atoms with van der Waals surface area (Å²) in [5.74, 6) is 0.228. The van der Waals surface area contributed by atoms with Gasteiger partial charge in [0.25, 0.3) is 0 Å². The number of imidazole rings is 1. The molecule has 0 amide bonds. The van der Waals surface area contributed by atoms with Gasteiger partial charge in [0.05, 0.1) is 19.0 Å². The number of anilines is 1. The molecule has 1 aliphatic rings. The number of rotatable bonds is 2. The molecule has 0 radical (unpaired) electrons. The summed E-state index contributed by atoms with van der Waals surface area (Å²) in [6.45, 7) is -0.603. The second kappa shape index (κ2) is 3.59.